The Morgan fingerprint density at radius 2 is 2.27 bits per heavy atom. The molecule has 2 aromatic heterocycles. The van der Waals surface area contributed by atoms with Crippen LogP contribution in [0.4, 0.5) is 5.82 Å². The molecule has 0 fully saturated rings. The zero-order chi connectivity index (χ0) is 10.5. The zero-order valence-electron chi connectivity index (χ0n) is 8.86. The van der Waals surface area contributed by atoms with Crippen LogP contribution in [-0.2, 0) is 0 Å². The molecule has 1 N–H and O–H groups in total. The monoisotopic (exact) mass is 269 g/mol. The zero-order valence-corrected chi connectivity index (χ0v) is 10.6. The first-order chi connectivity index (χ1) is 7.42. The molecule has 4 heteroatoms. The molecule has 2 heterocycles. The van der Waals surface area contributed by atoms with Crippen molar-refractivity contribution < 1.29 is 0 Å². The Morgan fingerprint density at radius 1 is 1.33 bits per heavy atom. The van der Waals surface area contributed by atoms with Gasteiger partial charge in [0.05, 0.1) is 0 Å². The Bertz CT molecular complexity index is 424. The van der Waals surface area contributed by atoms with E-state index in [0.29, 0.717) is 14.5 Å². The Morgan fingerprint density at radius 3 is 3.13 bits per heavy atom. The average Bonchev–Trinajstić information content (AvgIpc) is 2.73. The van der Waals surface area contributed by atoms with Gasteiger partial charge in [-0.3, -0.25) is 0 Å². The molecule has 0 aliphatic carbocycles. The van der Waals surface area contributed by atoms with Gasteiger partial charge < -0.3 is 0 Å². The molecule has 0 bridgehead atoms. The Balaban J connectivity index is 2.04. The number of hydrogen-bond acceptors (Lipinski definition) is 3. The van der Waals surface area contributed by atoms with Gasteiger partial charge in [0.1, 0.15) is 0 Å². The summed E-state index contributed by atoms with van der Waals surface area (Å²) in [5.74, 6) is 1.04. The quantitative estimate of drug-likeness (QED) is 0.668. The molecule has 0 amide bonds. The third-order valence-electron chi connectivity index (χ3n) is 2.32. The predicted molar refractivity (Wildman–Crippen MR) is 64.5 cm³/mol. The summed E-state index contributed by atoms with van der Waals surface area (Å²) in [4.78, 5) is 10.7. The van der Waals surface area contributed by atoms with Crippen molar-refractivity contribution in [2.45, 2.75) is 26.2 Å². The number of unbranched alkanes of at least 4 members (excludes halogenated alkanes) is 2. The van der Waals surface area contributed by atoms with E-state index in [1.807, 2.05) is 0 Å². The number of rotatable bonds is 5. The van der Waals surface area contributed by atoms with E-state index in [9.17, 15) is 0 Å². The van der Waals surface area contributed by atoms with Crippen LogP contribution in [0.2, 0.25) is 0 Å². The number of hydrogen-bond donors (Lipinski definition) is 1. The maximum absolute atomic E-state index is 4.30. The van der Waals surface area contributed by atoms with Crippen LogP contribution in [-0.4, -0.2) is 31.0 Å². The van der Waals surface area contributed by atoms with E-state index < -0.39 is 0 Å². The van der Waals surface area contributed by atoms with Crippen molar-refractivity contribution in [3.05, 3.63) is 17.3 Å². The van der Waals surface area contributed by atoms with Crippen molar-refractivity contribution in [2.24, 2.45) is 0 Å². The van der Waals surface area contributed by atoms with E-state index in [1.54, 1.807) is 6.33 Å². The Hall–Kier alpha value is -0.861. The number of anilines is 1. The second kappa shape index (κ2) is 5.29. The second-order valence-electron chi connectivity index (χ2n) is 3.49. The molecule has 0 unspecified atom stereocenters. The maximum atomic E-state index is 4.30. The molecule has 0 aromatic carbocycles. The molecule has 0 spiro atoms. The fraction of sp³-hybridized carbons (Fsp3) is 0.455. The van der Waals surface area contributed by atoms with Crippen LogP contribution in [0.25, 0.3) is 9.78 Å². The van der Waals surface area contributed by atoms with Gasteiger partial charge in [-0.2, -0.15) is 0 Å². The van der Waals surface area contributed by atoms with Crippen LogP contribution in [0.1, 0.15) is 26.2 Å². The molecule has 80 valence electrons. The average molecular weight is 268 g/mol. The minimum absolute atomic E-state index is 0.420. The molecule has 0 aliphatic heterocycles. The topological polar surface area (TPSA) is 37.8 Å². The van der Waals surface area contributed by atoms with Gasteiger partial charge in [0, 0.05) is 0 Å². The Labute approximate surface area is 95.7 Å². The van der Waals surface area contributed by atoms with Crippen LogP contribution >= 0.6 is 0 Å². The molecule has 0 radical (unpaired) electrons. The summed E-state index contributed by atoms with van der Waals surface area (Å²) >= 11 is 0.420. The summed E-state index contributed by atoms with van der Waals surface area (Å²) < 4.78 is 1.31. The molecule has 3 nitrogen and oxygen atoms in total. The number of fused-ring (bicyclic) bond motifs is 1. The van der Waals surface area contributed by atoms with E-state index in [1.165, 1.54) is 23.5 Å². The van der Waals surface area contributed by atoms with Gasteiger partial charge in [-0.25, -0.2) is 0 Å². The van der Waals surface area contributed by atoms with Crippen LogP contribution in [0.5, 0.6) is 0 Å². The number of aromatic nitrogens is 2. The number of nitrogens with one attached hydrogen (secondary N) is 1. The van der Waals surface area contributed by atoms with Gasteiger partial charge in [-0.05, 0) is 0 Å². The molecular weight excluding hydrogens is 253 g/mol. The van der Waals surface area contributed by atoms with E-state index in [0.717, 1.165) is 17.9 Å². The van der Waals surface area contributed by atoms with Gasteiger partial charge >= 0.3 is 95.4 Å². The van der Waals surface area contributed by atoms with Crippen molar-refractivity contribution in [3.63, 3.8) is 0 Å². The van der Waals surface area contributed by atoms with E-state index in [2.05, 4.69) is 33.2 Å². The van der Waals surface area contributed by atoms with Crippen LogP contribution in [0.3, 0.4) is 0 Å². The molecule has 0 atom stereocenters. The van der Waals surface area contributed by atoms with Gasteiger partial charge in [0.2, 0.25) is 0 Å². The summed E-state index contributed by atoms with van der Waals surface area (Å²) in [5, 5.41) is 3.40. The van der Waals surface area contributed by atoms with Gasteiger partial charge in [-0.15, -0.1) is 0 Å². The van der Waals surface area contributed by atoms with E-state index in [4.69, 9.17) is 0 Å². The number of nitrogens with zero attached hydrogens (tertiary/aromatic N) is 2. The standard InChI is InChI=1S/C11H15N3Se/c1-2-3-4-6-12-11-10-9(5-7-15-10)13-8-14-11/h5,7-8H,2-4,6H2,1H3,(H,12,13,14). The minimum atomic E-state index is 0.420. The summed E-state index contributed by atoms with van der Waals surface area (Å²) in [6.07, 6.45) is 5.40. The summed E-state index contributed by atoms with van der Waals surface area (Å²) in [6, 6.07) is 2.09. The molecule has 15 heavy (non-hydrogen) atoms. The van der Waals surface area contributed by atoms with Crippen molar-refractivity contribution in [1.29, 1.82) is 0 Å². The van der Waals surface area contributed by atoms with E-state index in [-0.39, 0.29) is 0 Å². The third-order valence-corrected chi connectivity index (χ3v) is 4.23. The molecule has 0 saturated heterocycles. The fourth-order valence-corrected chi connectivity index (χ4v) is 3.20. The fourth-order valence-electron chi connectivity index (χ4n) is 1.50. The van der Waals surface area contributed by atoms with Crippen molar-refractivity contribution in [1.82, 2.24) is 9.97 Å². The molecule has 0 saturated carbocycles. The Kier molecular flexibility index (Phi) is 3.75. The third kappa shape index (κ3) is 2.58. The van der Waals surface area contributed by atoms with Crippen LogP contribution in [0.15, 0.2) is 17.3 Å². The second-order valence-corrected chi connectivity index (χ2v) is 5.41. The van der Waals surface area contributed by atoms with Crippen molar-refractivity contribution >= 4 is 30.1 Å². The van der Waals surface area contributed by atoms with E-state index >= 15 is 0 Å². The van der Waals surface area contributed by atoms with Crippen LogP contribution < -0.4 is 5.32 Å². The van der Waals surface area contributed by atoms with Crippen molar-refractivity contribution in [2.75, 3.05) is 11.9 Å². The molecule has 0 aliphatic rings. The molecule has 2 aromatic rings. The van der Waals surface area contributed by atoms with Crippen LogP contribution in [0, 0.1) is 0 Å². The molecular formula is C11H15N3Se. The van der Waals surface area contributed by atoms with Gasteiger partial charge in [0.25, 0.3) is 0 Å². The predicted octanol–water partition coefficient (Wildman–Crippen LogP) is 2.29. The van der Waals surface area contributed by atoms with Crippen molar-refractivity contribution in [3.8, 4) is 0 Å². The van der Waals surface area contributed by atoms with Gasteiger partial charge in [-0.1, -0.05) is 0 Å². The molecule has 2 rings (SSSR count). The normalized spacial score (nSPS) is 10.7. The first-order valence-electron chi connectivity index (χ1n) is 5.34. The first-order valence-corrected chi connectivity index (χ1v) is 7.18. The SMILES string of the molecule is CCCCCNc1ncnc2cc[se]c12. The van der Waals surface area contributed by atoms with Gasteiger partial charge in [0.15, 0.2) is 0 Å². The summed E-state index contributed by atoms with van der Waals surface area (Å²) in [6.45, 7) is 3.24. The summed E-state index contributed by atoms with van der Waals surface area (Å²) in [7, 11) is 0. The summed E-state index contributed by atoms with van der Waals surface area (Å²) in [5.41, 5.74) is 1.10. The first kappa shape index (κ1) is 10.7.